The maximum absolute atomic E-state index is 11.7. The average Bonchev–Trinajstić information content (AvgIpc) is 2.35. The van der Waals surface area contributed by atoms with Crippen LogP contribution >= 0.6 is 0 Å². The van der Waals surface area contributed by atoms with Crippen molar-refractivity contribution in [2.45, 2.75) is 46.1 Å². The molecule has 0 heterocycles. The quantitative estimate of drug-likeness (QED) is 0.819. The smallest absolute Gasteiger partial charge is 0.407 e. The second-order valence-electron chi connectivity index (χ2n) is 5.95. The fourth-order valence-corrected chi connectivity index (χ4v) is 1.61. The van der Waals surface area contributed by atoms with Crippen molar-refractivity contribution in [2.75, 3.05) is 11.9 Å². The largest absolute Gasteiger partial charge is 0.444 e. The zero-order chi connectivity index (χ0) is 15.9. The van der Waals surface area contributed by atoms with Crippen molar-refractivity contribution in [2.24, 2.45) is 0 Å². The van der Waals surface area contributed by atoms with Gasteiger partial charge in [-0.15, -0.1) is 0 Å². The number of amides is 2. The summed E-state index contributed by atoms with van der Waals surface area (Å²) in [5.74, 6) is -0.0650. The van der Waals surface area contributed by atoms with Crippen molar-refractivity contribution < 1.29 is 14.3 Å². The number of hydrogen-bond donors (Lipinski definition) is 2. The Balaban J connectivity index is 2.19. The molecule has 1 rings (SSSR count). The number of carbonyl (C=O) groups excluding carboxylic acids is 2. The highest BCUT2D eigenvalue weighted by molar-refractivity contribution is 5.90. The average molecular weight is 292 g/mol. The monoisotopic (exact) mass is 292 g/mol. The standard InChI is InChI=1S/C16H24N2O3/c1-12-7-9-13(10-8-12)18-14(19)6-5-11-17-15(20)21-16(2,3)4/h7-10H,5-6,11H2,1-4H3,(H,17,20)(H,18,19). The van der Waals surface area contributed by atoms with Crippen LogP contribution in [0.3, 0.4) is 0 Å². The van der Waals surface area contributed by atoms with Crippen LogP contribution in [0.2, 0.25) is 0 Å². The van der Waals surface area contributed by atoms with Gasteiger partial charge in [-0.3, -0.25) is 4.79 Å². The molecule has 0 aliphatic heterocycles. The van der Waals surface area contributed by atoms with Crippen LogP contribution in [0.1, 0.15) is 39.2 Å². The summed E-state index contributed by atoms with van der Waals surface area (Å²) < 4.78 is 5.10. The second kappa shape index (κ2) is 7.67. The van der Waals surface area contributed by atoms with Crippen molar-refractivity contribution >= 4 is 17.7 Å². The summed E-state index contributed by atoms with van der Waals surface area (Å²) in [6.45, 7) is 7.83. The van der Waals surface area contributed by atoms with Crippen LogP contribution in [-0.4, -0.2) is 24.1 Å². The van der Waals surface area contributed by atoms with Gasteiger partial charge in [-0.1, -0.05) is 17.7 Å². The van der Waals surface area contributed by atoms with Gasteiger partial charge in [0.1, 0.15) is 5.60 Å². The summed E-state index contributed by atoms with van der Waals surface area (Å²) in [6, 6.07) is 7.62. The zero-order valence-corrected chi connectivity index (χ0v) is 13.2. The molecule has 0 aliphatic rings. The first kappa shape index (κ1) is 17.0. The van der Waals surface area contributed by atoms with Crippen LogP contribution < -0.4 is 10.6 Å². The molecule has 2 N–H and O–H groups in total. The van der Waals surface area contributed by atoms with Crippen molar-refractivity contribution in [1.82, 2.24) is 5.32 Å². The van der Waals surface area contributed by atoms with Crippen LogP contribution in [0.4, 0.5) is 10.5 Å². The fraction of sp³-hybridized carbons (Fsp3) is 0.500. The second-order valence-corrected chi connectivity index (χ2v) is 5.95. The van der Waals surface area contributed by atoms with Gasteiger partial charge in [0.15, 0.2) is 0 Å². The summed E-state index contributed by atoms with van der Waals surface area (Å²) >= 11 is 0. The van der Waals surface area contributed by atoms with Gasteiger partial charge >= 0.3 is 6.09 Å². The van der Waals surface area contributed by atoms with Gasteiger partial charge in [0.05, 0.1) is 0 Å². The highest BCUT2D eigenvalue weighted by Gasteiger charge is 2.15. The maximum Gasteiger partial charge on any atom is 0.407 e. The molecule has 0 aliphatic carbocycles. The molecule has 0 saturated carbocycles. The van der Waals surface area contributed by atoms with Gasteiger partial charge in [-0.25, -0.2) is 4.79 Å². The third kappa shape index (κ3) is 7.97. The van der Waals surface area contributed by atoms with Crippen LogP contribution in [0, 0.1) is 6.92 Å². The molecule has 1 aromatic rings. The first-order valence-corrected chi connectivity index (χ1v) is 7.09. The van der Waals surface area contributed by atoms with E-state index in [2.05, 4.69) is 10.6 Å². The van der Waals surface area contributed by atoms with E-state index < -0.39 is 11.7 Å². The predicted octanol–water partition coefficient (Wildman–Crippen LogP) is 3.24. The zero-order valence-electron chi connectivity index (χ0n) is 13.2. The normalized spacial score (nSPS) is 10.9. The number of aryl methyl sites for hydroxylation is 1. The molecular formula is C16H24N2O3. The van der Waals surface area contributed by atoms with E-state index in [9.17, 15) is 9.59 Å². The molecule has 0 aromatic heterocycles. The minimum absolute atomic E-state index is 0.0650. The van der Waals surface area contributed by atoms with Gasteiger partial charge in [0, 0.05) is 18.7 Å². The van der Waals surface area contributed by atoms with Crippen LogP contribution in [-0.2, 0) is 9.53 Å². The lowest BCUT2D eigenvalue weighted by Gasteiger charge is -2.19. The molecule has 0 unspecified atom stereocenters. The van der Waals surface area contributed by atoms with Gasteiger partial charge in [0.2, 0.25) is 5.91 Å². The van der Waals surface area contributed by atoms with E-state index in [-0.39, 0.29) is 5.91 Å². The number of hydrogen-bond acceptors (Lipinski definition) is 3. The number of anilines is 1. The van der Waals surface area contributed by atoms with Gasteiger partial charge in [0.25, 0.3) is 0 Å². The van der Waals surface area contributed by atoms with E-state index in [4.69, 9.17) is 4.74 Å². The summed E-state index contributed by atoms with van der Waals surface area (Å²) in [6.07, 6.45) is 0.460. The first-order valence-electron chi connectivity index (χ1n) is 7.09. The lowest BCUT2D eigenvalue weighted by Crippen LogP contribution is -2.33. The van der Waals surface area contributed by atoms with Gasteiger partial charge < -0.3 is 15.4 Å². The molecule has 0 radical (unpaired) electrons. The third-order valence-electron chi connectivity index (χ3n) is 2.58. The lowest BCUT2D eigenvalue weighted by atomic mass is 10.2. The molecule has 0 saturated heterocycles. The minimum Gasteiger partial charge on any atom is -0.444 e. The van der Waals surface area contributed by atoms with E-state index in [1.165, 1.54) is 0 Å². The summed E-state index contributed by atoms with van der Waals surface area (Å²) in [5.41, 5.74) is 1.42. The first-order chi connectivity index (χ1) is 9.76. The third-order valence-corrected chi connectivity index (χ3v) is 2.58. The Kier molecular flexibility index (Phi) is 6.21. The van der Waals surface area contributed by atoms with Gasteiger partial charge in [-0.2, -0.15) is 0 Å². The highest BCUT2D eigenvalue weighted by Crippen LogP contribution is 2.09. The van der Waals surface area contributed by atoms with Crippen LogP contribution in [0.5, 0.6) is 0 Å². The van der Waals surface area contributed by atoms with Crippen molar-refractivity contribution in [3.63, 3.8) is 0 Å². The Labute approximate surface area is 126 Å². The number of benzene rings is 1. The Morgan fingerprint density at radius 1 is 1.14 bits per heavy atom. The van der Waals surface area contributed by atoms with Crippen molar-refractivity contribution in [3.8, 4) is 0 Å². The van der Waals surface area contributed by atoms with E-state index >= 15 is 0 Å². The molecule has 0 spiro atoms. The number of ether oxygens (including phenoxy) is 1. The van der Waals surface area contributed by atoms with E-state index in [0.717, 1.165) is 11.3 Å². The summed E-state index contributed by atoms with van der Waals surface area (Å²) in [5, 5.41) is 5.44. The molecule has 5 nitrogen and oxygen atoms in total. The Morgan fingerprint density at radius 3 is 2.33 bits per heavy atom. The molecule has 0 bridgehead atoms. The molecule has 2 amide bonds. The number of nitrogens with one attached hydrogen (secondary N) is 2. The van der Waals surface area contributed by atoms with E-state index in [1.54, 1.807) is 0 Å². The van der Waals surface area contributed by atoms with E-state index in [1.807, 2.05) is 52.0 Å². The minimum atomic E-state index is -0.507. The molecule has 0 atom stereocenters. The molecule has 0 fully saturated rings. The van der Waals surface area contributed by atoms with Crippen molar-refractivity contribution in [1.29, 1.82) is 0 Å². The molecule has 5 heteroatoms. The Bertz CT molecular complexity index is 475. The maximum atomic E-state index is 11.7. The van der Waals surface area contributed by atoms with Crippen molar-refractivity contribution in [3.05, 3.63) is 29.8 Å². The number of carbonyl (C=O) groups is 2. The highest BCUT2D eigenvalue weighted by atomic mass is 16.6. The number of alkyl carbamates (subject to hydrolysis) is 1. The molecule has 116 valence electrons. The Hall–Kier alpha value is -2.04. The van der Waals surface area contributed by atoms with E-state index in [0.29, 0.717) is 19.4 Å². The fourth-order valence-electron chi connectivity index (χ4n) is 1.61. The SMILES string of the molecule is Cc1ccc(NC(=O)CCCNC(=O)OC(C)(C)C)cc1. The number of rotatable bonds is 5. The topological polar surface area (TPSA) is 67.4 Å². The lowest BCUT2D eigenvalue weighted by molar-refractivity contribution is -0.116. The Morgan fingerprint density at radius 2 is 1.76 bits per heavy atom. The van der Waals surface area contributed by atoms with Crippen LogP contribution in [0.15, 0.2) is 24.3 Å². The predicted molar refractivity (Wildman–Crippen MR) is 83.3 cm³/mol. The summed E-state index contributed by atoms with van der Waals surface area (Å²) in [7, 11) is 0. The molecule has 1 aromatic carbocycles. The van der Waals surface area contributed by atoms with Crippen LogP contribution in [0.25, 0.3) is 0 Å². The molecular weight excluding hydrogens is 268 g/mol. The van der Waals surface area contributed by atoms with Gasteiger partial charge in [-0.05, 0) is 46.2 Å². The summed E-state index contributed by atoms with van der Waals surface area (Å²) in [4.78, 5) is 23.1. The molecule has 21 heavy (non-hydrogen) atoms.